The largest absolute Gasteiger partial charge is 0.384 e. The lowest BCUT2D eigenvalue weighted by molar-refractivity contribution is 0.178. The number of nitrogens with zero attached hydrogens (tertiary/aromatic N) is 2. The molecule has 6 nitrogen and oxygen atoms in total. The second-order valence-corrected chi connectivity index (χ2v) is 4.55. The molecule has 1 heterocycles. The number of ether oxygens (including phenoxy) is 2. The Morgan fingerprint density at radius 1 is 1.14 bits per heavy atom. The monoisotopic (exact) mass is 288 g/mol. The molecule has 1 aromatic carbocycles. The van der Waals surface area contributed by atoms with Gasteiger partial charge in [-0.2, -0.15) is 0 Å². The standard InChI is InChI=1S/C15H20N4O2/c1-20-8-7-11-5-3-4-6-12(11)17-14-9-13(16)18-15(19-14)10-21-2/h3-6,9H,7-8,10H2,1-2H3,(H3,16,17,18,19). The fraction of sp³-hybridized carbons (Fsp3) is 0.333. The molecule has 2 rings (SSSR count). The number of nitrogen functional groups attached to an aromatic ring is 1. The molecule has 6 heteroatoms. The van der Waals surface area contributed by atoms with Gasteiger partial charge in [-0.25, -0.2) is 9.97 Å². The van der Waals surface area contributed by atoms with Gasteiger partial charge in [-0.3, -0.25) is 0 Å². The van der Waals surface area contributed by atoms with Crippen molar-refractivity contribution in [2.45, 2.75) is 13.0 Å². The van der Waals surface area contributed by atoms with Crippen LogP contribution in [0.4, 0.5) is 17.3 Å². The molecule has 0 radical (unpaired) electrons. The van der Waals surface area contributed by atoms with Crippen molar-refractivity contribution in [3.63, 3.8) is 0 Å². The maximum absolute atomic E-state index is 5.79. The van der Waals surface area contributed by atoms with E-state index < -0.39 is 0 Å². The maximum Gasteiger partial charge on any atom is 0.158 e. The first-order chi connectivity index (χ1) is 10.2. The fourth-order valence-electron chi connectivity index (χ4n) is 1.99. The number of benzene rings is 1. The van der Waals surface area contributed by atoms with Crippen LogP contribution in [0.2, 0.25) is 0 Å². The van der Waals surface area contributed by atoms with E-state index in [2.05, 4.69) is 21.4 Å². The lowest BCUT2D eigenvalue weighted by Gasteiger charge is -2.12. The Bertz CT molecular complexity index is 590. The van der Waals surface area contributed by atoms with Crippen LogP contribution in [0.15, 0.2) is 30.3 Å². The van der Waals surface area contributed by atoms with Crippen LogP contribution in [0.5, 0.6) is 0 Å². The summed E-state index contributed by atoms with van der Waals surface area (Å²) >= 11 is 0. The normalized spacial score (nSPS) is 10.6. The molecule has 1 aromatic heterocycles. The number of hydrogen-bond acceptors (Lipinski definition) is 6. The van der Waals surface area contributed by atoms with E-state index in [1.165, 1.54) is 0 Å². The number of hydrogen-bond donors (Lipinski definition) is 2. The molecule has 3 N–H and O–H groups in total. The lowest BCUT2D eigenvalue weighted by Crippen LogP contribution is -2.06. The van der Waals surface area contributed by atoms with Crippen molar-refractivity contribution in [1.29, 1.82) is 0 Å². The smallest absolute Gasteiger partial charge is 0.158 e. The van der Waals surface area contributed by atoms with Crippen molar-refractivity contribution >= 4 is 17.3 Å². The summed E-state index contributed by atoms with van der Waals surface area (Å²) in [6.07, 6.45) is 0.825. The number of nitrogens with one attached hydrogen (secondary N) is 1. The number of anilines is 3. The molecule has 0 fully saturated rings. The summed E-state index contributed by atoms with van der Waals surface area (Å²) < 4.78 is 10.2. The molecule has 0 aliphatic carbocycles. The summed E-state index contributed by atoms with van der Waals surface area (Å²) in [5.74, 6) is 1.61. The molecule has 0 aliphatic rings. The summed E-state index contributed by atoms with van der Waals surface area (Å²) in [6.45, 7) is 0.991. The number of nitrogens with two attached hydrogens (primary N) is 1. The topological polar surface area (TPSA) is 82.3 Å². The average Bonchev–Trinajstić information content (AvgIpc) is 2.46. The highest BCUT2D eigenvalue weighted by atomic mass is 16.5. The summed E-state index contributed by atoms with van der Waals surface area (Å²) in [4.78, 5) is 8.50. The number of para-hydroxylation sites is 1. The second-order valence-electron chi connectivity index (χ2n) is 4.55. The molecule has 0 spiro atoms. The zero-order valence-electron chi connectivity index (χ0n) is 12.3. The summed E-state index contributed by atoms with van der Waals surface area (Å²) in [6, 6.07) is 9.73. The number of methoxy groups -OCH3 is 2. The highest BCUT2D eigenvalue weighted by Gasteiger charge is 2.06. The van der Waals surface area contributed by atoms with Crippen LogP contribution in [0.25, 0.3) is 0 Å². The Labute approximate surface area is 124 Å². The highest BCUT2D eigenvalue weighted by Crippen LogP contribution is 2.21. The first-order valence-corrected chi connectivity index (χ1v) is 6.69. The van der Waals surface area contributed by atoms with E-state index >= 15 is 0 Å². The van der Waals surface area contributed by atoms with Gasteiger partial charge in [-0.15, -0.1) is 0 Å². The Balaban J connectivity index is 2.21. The van der Waals surface area contributed by atoms with E-state index in [0.717, 1.165) is 17.7 Å². The van der Waals surface area contributed by atoms with E-state index in [1.807, 2.05) is 18.2 Å². The van der Waals surface area contributed by atoms with Crippen molar-refractivity contribution in [2.24, 2.45) is 0 Å². The van der Waals surface area contributed by atoms with Gasteiger partial charge in [0.05, 0.1) is 6.61 Å². The first-order valence-electron chi connectivity index (χ1n) is 6.69. The third-order valence-electron chi connectivity index (χ3n) is 2.92. The number of aromatic nitrogens is 2. The molecular weight excluding hydrogens is 268 g/mol. The molecular formula is C15H20N4O2. The summed E-state index contributed by atoms with van der Waals surface area (Å²) in [5, 5.41) is 3.28. The maximum atomic E-state index is 5.79. The van der Waals surface area contributed by atoms with Crippen LogP contribution in [-0.2, 0) is 22.5 Å². The zero-order chi connectivity index (χ0) is 15.1. The Morgan fingerprint density at radius 2 is 1.95 bits per heavy atom. The Morgan fingerprint density at radius 3 is 2.71 bits per heavy atom. The SMILES string of the molecule is COCCc1ccccc1Nc1cc(N)nc(COC)n1. The van der Waals surface area contributed by atoms with E-state index in [0.29, 0.717) is 30.7 Å². The Hall–Kier alpha value is -2.18. The van der Waals surface area contributed by atoms with Crippen molar-refractivity contribution in [3.8, 4) is 0 Å². The predicted octanol–water partition coefficient (Wildman–Crippen LogP) is 2.14. The predicted molar refractivity (Wildman–Crippen MR) is 82.5 cm³/mol. The average molecular weight is 288 g/mol. The van der Waals surface area contributed by atoms with Gasteiger partial charge in [0.25, 0.3) is 0 Å². The minimum absolute atomic E-state index is 0.324. The highest BCUT2D eigenvalue weighted by molar-refractivity contribution is 5.62. The first kappa shape index (κ1) is 15.2. The van der Waals surface area contributed by atoms with E-state index in [4.69, 9.17) is 15.2 Å². The molecule has 0 atom stereocenters. The molecule has 2 aromatic rings. The summed E-state index contributed by atoms with van der Waals surface area (Å²) in [7, 11) is 3.29. The third-order valence-corrected chi connectivity index (χ3v) is 2.92. The molecule has 0 saturated carbocycles. The van der Waals surface area contributed by atoms with Gasteiger partial charge in [-0.1, -0.05) is 18.2 Å². The number of rotatable bonds is 7. The van der Waals surface area contributed by atoms with Crippen molar-refractivity contribution in [2.75, 3.05) is 31.9 Å². The van der Waals surface area contributed by atoms with E-state index in [-0.39, 0.29) is 0 Å². The van der Waals surface area contributed by atoms with Crippen LogP contribution < -0.4 is 11.1 Å². The van der Waals surface area contributed by atoms with Crippen molar-refractivity contribution < 1.29 is 9.47 Å². The minimum atomic E-state index is 0.324. The third kappa shape index (κ3) is 4.40. The molecule has 112 valence electrons. The zero-order valence-corrected chi connectivity index (χ0v) is 12.3. The van der Waals surface area contributed by atoms with Crippen LogP contribution in [0, 0.1) is 0 Å². The molecule has 0 bridgehead atoms. The van der Waals surface area contributed by atoms with E-state index in [1.54, 1.807) is 20.3 Å². The van der Waals surface area contributed by atoms with Gasteiger partial charge in [0.15, 0.2) is 5.82 Å². The molecule has 0 amide bonds. The van der Waals surface area contributed by atoms with Crippen LogP contribution in [0.3, 0.4) is 0 Å². The summed E-state index contributed by atoms with van der Waals surface area (Å²) in [5.41, 5.74) is 7.93. The van der Waals surface area contributed by atoms with Gasteiger partial charge >= 0.3 is 0 Å². The van der Waals surface area contributed by atoms with Crippen LogP contribution in [-0.4, -0.2) is 30.8 Å². The van der Waals surface area contributed by atoms with Crippen LogP contribution >= 0.6 is 0 Å². The molecule has 0 saturated heterocycles. The minimum Gasteiger partial charge on any atom is -0.384 e. The van der Waals surface area contributed by atoms with Gasteiger partial charge in [0, 0.05) is 26.0 Å². The molecule has 0 unspecified atom stereocenters. The van der Waals surface area contributed by atoms with Crippen molar-refractivity contribution in [3.05, 3.63) is 41.7 Å². The van der Waals surface area contributed by atoms with Gasteiger partial charge in [0.2, 0.25) is 0 Å². The fourth-order valence-corrected chi connectivity index (χ4v) is 1.99. The van der Waals surface area contributed by atoms with Gasteiger partial charge < -0.3 is 20.5 Å². The quantitative estimate of drug-likeness (QED) is 0.812. The van der Waals surface area contributed by atoms with Crippen molar-refractivity contribution in [1.82, 2.24) is 9.97 Å². The molecule has 21 heavy (non-hydrogen) atoms. The van der Waals surface area contributed by atoms with Crippen LogP contribution in [0.1, 0.15) is 11.4 Å². The Kier molecular flexibility index (Phi) is 5.48. The molecule has 0 aliphatic heterocycles. The lowest BCUT2D eigenvalue weighted by atomic mass is 10.1. The second kappa shape index (κ2) is 7.56. The van der Waals surface area contributed by atoms with E-state index in [9.17, 15) is 0 Å². The van der Waals surface area contributed by atoms with Gasteiger partial charge in [0.1, 0.15) is 18.2 Å². The van der Waals surface area contributed by atoms with Gasteiger partial charge in [-0.05, 0) is 18.1 Å².